The third kappa shape index (κ3) is 3.94. The maximum absolute atomic E-state index is 11.0. The van der Waals surface area contributed by atoms with Crippen LogP contribution in [0.4, 0.5) is 10.5 Å². The molecule has 0 saturated heterocycles. The fourth-order valence-corrected chi connectivity index (χ4v) is 2.03. The Balaban J connectivity index is 2.36. The number of rotatable bonds is 4. The molecule has 5 heteroatoms. The van der Waals surface area contributed by atoms with Crippen molar-refractivity contribution in [1.29, 1.82) is 0 Å². The molecule has 106 valence electrons. The van der Waals surface area contributed by atoms with Gasteiger partial charge in [-0.2, -0.15) is 0 Å². The second kappa shape index (κ2) is 6.72. The van der Waals surface area contributed by atoms with Gasteiger partial charge in [0.15, 0.2) is 6.29 Å². The van der Waals surface area contributed by atoms with Gasteiger partial charge in [-0.15, -0.1) is 0 Å². The number of hydrogen-bond acceptors (Lipinski definition) is 2. The van der Waals surface area contributed by atoms with Gasteiger partial charge in [-0.25, -0.2) is 4.79 Å². The second-order valence-corrected chi connectivity index (χ2v) is 4.68. The summed E-state index contributed by atoms with van der Waals surface area (Å²) in [5, 5.41) is 11.6. The Morgan fingerprint density at radius 2 is 1.76 bits per heavy atom. The Kier molecular flexibility index (Phi) is 4.74. The van der Waals surface area contributed by atoms with Crippen LogP contribution in [0.25, 0.3) is 12.2 Å². The SMILES string of the molecule is O=Cc1ccc(Cl)cc1C=Cc1ccccc1NC(=O)O. The van der Waals surface area contributed by atoms with Gasteiger partial charge in [0.2, 0.25) is 0 Å². The van der Waals surface area contributed by atoms with E-state index in [0.29, 0.717) is 27.4 Å². The fraction of sp³-hybridized carbons (Fsp3) is 0. The minimum Gasteiger partial charge on any atom is -0.465 e. The van der Waals surface area contributed by atoms with Crippen molar-refractivity contribution in [2.24, 2.45) is 0 Å². The molecule has 0 aliphatic heterocycles. The molecule has 0 aromatic heterocycles. The van der Waals surface area contributed by atoms with Crippen molar-refractivity contribution >= 4 is 41.8 Å². The molecule has 2 rings (SSSR count). The zero-order chi connectivity index (χ0) is 15.2. The minimum atomic E-state index is -1.13. The van der Waals surface area contributed by atoms with Crippen molar-refractivity contribution in [3.63, 3.8) is 0 Å². The topological polar surface area (TPSA) is 66.4 Å². The maximum Gasteiger partial charge on any atom is 0.409 e. The lowest BCUT2D eigenvalue weighted by Crippen LogP contribution is -2.08. The van der Waals surface area contributed by atoms with Crippen LogP contribution in [0.1, 0.15) is 21.5 Å². The van der Waals surface area contributed by atoms with Gasteiger partial charge >= 0.3 is 6.09 Å². The third-order valence-electron chi connectivity index (χ3n) is 2.82. The molecule has 0 fully saturated rings. The summed E-state index contributed by atoms with van der Waals surface area (Å²) in [7, 11) is 0. The van der Waals surface area contributed by atoms with E-state index in [-0.39, 0.29) is 0 Å². The van der Waals surface area contributed by atoms with Crippen LogP contribution in [0.2, 0.25) is 5.02 Å². The Morgan fingerprint density at radius 3 is 2.48 bits per heavy atom. The molecule has 0 heterocycles. The fourth-order valence-electron chi connectivity index (χ4n) is 1.85. The standard InChI is InChI=1S/C16H12ClNO3/c17-14-8-7-13(10-19)12(9-14)6-5-11-3-1-2-4-15(11)18-16(20)21/h1-10,18H,(H,20,21). The van der Waals surface area contributed by atoms with E-state index in [9.17, 15) is 9.59 Å². The van der Waals surface area contributed by atoms with E-state index in [1.165, 1.54) is 0 Å². The lowest BCUT2D eigenvalue weighted by atomic mass is 10.1. The lowest BCUT2D eigenvalue weighted by Gasteiger charge is -2.05. The van der Waals surface area contributed by atoms with Gasteiger partial charge in [-0.05, 0) is 35.4 Å². The molecule has 2 N–H and O–H groups in total. The maximum atomic E-state index is 11.0. The summed E-state index contributed by atoms with van der Waals surface area (Å²) in [5.74, 6) is 0. The summed E-state index contributed by atoms with van der Waals surface area (Å²) in [6.07, 6.45) is 3.06. The molecular weight excluding hydrogens is 290 g/mol. The second-order valence-electron chi connectivity index (χ2n) is 4.24. The van der Waals surface area contributed by atoms with Crippen LogP contribution in [0.15, 0.2) is 42.5 Å². The first-order chi connectivity index (χ1) is 10.1. The summed E-state index contributed by atoms with van der Waals surface area (Å²) in [6, 6.07) is 11.9. The highest BCUT2D eigenvalue weighted by Crippen LogP contribution is 2.21. The number of para-hydroxylation sites is 1. The predicted octanol–water partition coefficient (Wildman–Crippen LogP) is 4.41. The van der Waals surface area contributed by atoms with Crippen LogP contribution in [0.5, 0.6) is 0 Å². The molecule has 0 aliphatic rings. The molecule has 0 saturated carbocycles. The van der Waals surface area contributed by atoms with Crippen LogP contribution in [0, 0.1) is 0 Å². The molecule has 0 spiro atoms. The largest absolute Gasteiger partial charge is 0.465 e. The molecule has 0 radical (unpaired) electrons. The molecule has 0 unspecified atom stereocenters. The average Bonchev–Trinajstić information content (AvgIpc) is 2.46. The summed E-state index contributed by atoms with van der Waals surface area (Å²) in [6.45, 7) is 0. The molecule has 2 aromatic rings. The first kappa shape index (κ1) is 14.8. The number of nitrogens with one attached hydrogen (secondary N) is 1. The highest BCUT2D eigenvalue weighted by Gasteiger charge is 2.03. The highest BCUT2D eigenvalue weighted by molar-refractivity contribution is 6.30. The number of benzene rings is 2. The monoisotopic (exact) mass is 301 g/mol. The molecule has 2 aromatic carbocycles. The first-order valence-corrected chi connectivity index (χ1v) is 6.50. The normalized spacial score (nSPS) is 10.5. The van der Waals surface area contributed by atoms with Crippen molar-refractivity contribution in [3.8, 4) is 0 Å². The number of halogens is 1. The Labute approximate surface area is 126 Å². The van der Waals surface area contributed by atoms with Gasteiger partial charge in [0, 0.05) is 10.6 Å². The van der Waals surface area contributed by atoms with Crippen LogP contribution >= 0.6 is 11.6 Å². The van der Waals surface area contributed by atoms with E-state index in [1.807, 2.05) is 0 Å². The Bertz CT molecular complexity index is 710. The lowest BCUT2D eigenvalue weighted by molar-refractivity contribution is 0.112. The number of anilines is 1. The van der Waals surface area contributed by atoms with Crippen LogP contribution in [0.3, 0.4) is 0 Å². The average molecular weight is 302 g/mol. The van der Waals surface area contributed by atoms with Crippen molar-refractivity contribution in [3.05, 3.63) is 64.2 Å². The quantitative estimate of drug-likeness (QED) is 0.649. The van der Waals surface area contributed by atoms with Crippen LogP contribution < -0.4 is 5.32 Å². The van der Waals surface area contributed by atoms with E-state index in [0.717, 1.165) is 6.29 Å². The first-order valence-electron chi connectivity index (χ1n) is 6.12. The zero-order valence-corrected chi connectivity index (χ0v) is 11.7. The predicted molar refractivity (Wildman–Crippen MR) is 83.9 cm³/mol. The van der Waals surface area contributed by atoms with Gasteiger partial charge in [-0.3, -0.25) is 10.1 Å². The van der Waals surface area contributed by atoms with E-state index < -0.39 is 6.09 Å². The van der Waals surface area contributed by atoms with E-state index in [1.54, 1.807) is 54.6 Å². The minimum absolute atomic E-state index is 0.468. The number of aldehydes is 1. The van der Waals surface area contributed by atoms with E-state index in [2.05, 4.69) is 5.32 Å². The third-order valence-corrected chi connectivity index (χ3v) is 3.06. The molecular formula is C16H12ClNO3. The highest BCUT2D eigenvalue weighted by atomic mass is 35.5. The van der Waals surface area contributed by atoms with Gasteiger partial charge in [0.05, 0.1) is 5.69 Å². The molecule has 1 amide bonds. The van der Waals surface area contributed by atoms with Gasteiger partial charge in [0.25, 0.3) is 0 Å². The summed E-state index contributed by atoms with van der Waals surface area (Å²) < 4.78 is 0. The van der Waals surface area contributed by atoms with E-state index >= 15 is 0 Å². The van der Waals surface area contributed by atoms with E-state index in [4.69, 9.17) is 16.7 Å². The Morgan fingerprint density at radius 1 is 1.05 bits per heavy atom. The van der Waals surface area contributed by atoms with Crippen LogP contribution in [-0.2, 0) is 0 Å². The molecule has 4 nitrogen and oxygen atoms in total. The molecule has 0 bridgehead atoms. The molecule has 0 aliphatic carbocycles. The van der Waals surface area contributed by atoms with Crippen molar-refractivity contribution < 1.29 is 14.7 Å². The summed E-state index contributed by atoms with van der Waals surface area (Å²) in [5.41, 5.74) is 2.34. The Hall–Kier alpha value is -2.59. The smallest absolute Gasteiger partial charge is 0.409 e. The van der Waals surface area contributed by atoms with Gasteiger partial charge < -0.3 is 5.11 Å². The van der Waals surface area contributed by atoms with Crippen LogP contribution in [-0.4, -0.2) is 17.5 Å². The number of amides is 1. The van der Waals surface area contributed by atoms with Crippen molar-refractivity contribution in [1.82, 2.24) is 0 Å². The van der Waals surface area contributed by atoms with Gasteiger partial charge in [0.1, 0.15) is 0 Å². The molecule has 21 heavy (non-hydrogen) atoms. The summed E-state index contributed by atoms with van der Waals surface area (Å²) in [4.78, 5) is 21.7. The number of hydrogen-bond donors (Lipinski definition) is 2. The number of carbonyl (C=O) groups is 2. The zero-order valence-electron chi connectivity index (χ0n) is 10.9. The number of carbonyl (C=O) groups excluding carboxylic acids is 1. The van der Waals surface area contributed by atoms with Crippen molar-refractivity contribution in [2.45, 2.75) is 0 Å². The van der Waals surface area contributed by atoms with Gasteiger partial charge in [-0.1, -0.05) is 42.0 Å². The molecule has 0 atom stereocenters. The van der Waals surface area contributed by atoms with Crippen molar-refractivity contribution in [2.75, 3.05) is 5.32 Å². The summed E-state index contributed by atoms with van der Waals surface area (Å²) >= 11 is 5.92. The number of carboxylic acid groups (broad SMARTS) is 1.